The second kappa shape index (κ2) is 7.69. The number of hydrogen-bond donors (Lipinski definition) is 1. The van der Waals surface area contributed by atoms with Crippen molar-refractivity contribution in [1.82, 2.24) is 5.32 Å². The minimum Gasteiger partial charge on any atom is -0.312 e. The molecule has 1 aromatic rings. The first-order valence-electron chi connectivity index (χ1n) is 5.71. The maximum atomic E-state index is 12.0. The lowest BCUT2D eigenvalue weighted by Gasteiger charge is -2.08. The predicted molar refractivity (Wildman–Crippen MR) is 69.7 cm³/mol. The van der Waals surface area contributed by atoms with E-state index in [-0.39, 0.29) is 6.67 Å². The molecular weight excluding hydrogens is 221 g/mol. The van der Waals surface area contributed by atoms with Crippen LogP contribution in [0.1, 0.15) is 19.4 Å². The van der Waals surface area contributed by atoms with Crippen LogP contribution in [0.15, 0.2) is 29.2 Å². The highest BCUT2D eigenvalue weighted by atomic mass is 32.2. The standard InChI is InChI=1S/C13H20FNS/c1-11(2)9-15-10-12-4-3-5-13(8-12)16-7-6-14/h3-5,8,11,15H,6-7,9-10H2,1-2H3. The Kier molecular flexibility index (Phi) is 6.50. The number of thioether (sulfide) groups is 1. The largest absolute Gasteiger partial charge is 0.312 e. The third-order valence-corrected chi connectivity index (χ3v) is 3.07. The van der Waals surface area contributed by atoms with Crippen molar-refractivity contribution in [3.63, 3.8) is 0 Å². The summed E-state index contributed by atoms with van der Waals surface area (Å²) < 4.78 is 12.0. The molecule has 90 valence electrons. The zero-order chi connectivity index (χ0) is 11.8. The molecule has 0 spiro atoms. The Balaban J connectivity index is 2.40. The molecule has 0 fully saturated rings. The Bertz CT molecular complexity index is 302. The van der Waals surface area contributed by atoms with Gasteiger partial charge in [-0.2, -0.15) is 0 Å². The summed E-state index contributed by atoms with van der Waals surface area (Å²) >= 11 is 1.57. The number of rotatable bonds is 7. The van der Waals surface area contributed by atoms with Crippen LogP contribution in [0.3, 0.4) is 0 Å². The third kappa shape index (κ3) is 5.52. The normalized spacial score (nSPS) is 11.0. The van der Waals surface area contributed by atoms with Crippen LogP contribution in [-0.2, 0) is 6.54 Å². The van der Waals surface area contributed by atoms with Crippen molar-refractivity contribution in [2.45, 2.75) is 25.3 Å². The van der Waals surface area contributed by atoms with Crippen LogP contribution in [0.25, 0.3) is 0 Å². The lowest BCUT2D eigenvalue weighted by atomic mass is 10.2. The highest BCUT2D eigenvalue weighted by Gasteiger charge is 1.98. The van der Waals surface area contributed by atoms with Crippen LogP contribution in [0.2, 0.25) is 0 Å². The summed E-state index contributed by atoms with van der Waals surface area (Å²) in [5, 5.41) is 3.40. The van der Waals surface area contributed by atoms with Crippen molar-refractivity contribution in [3.05, 3.63) is 29.8 Å². The van der Waals surface area contributed by atoms with E-state index in [1.54, 1.807) is 11.8 Å². The summed E-state index contributed by atoms with van der Waals surface area (Å²) in [7, 11) is 0. The van der Waals surface area contributed by atoms with Gasteiger partial charge < -0.3 is 5.32 Å². The van der Waals surface area contributed by atoms with Gasteiger partial charge in [0.2, 0.25) is 0 Å². The van der Waals surface area contributed by atoms with Crippen LogP contribution < -0.4 is 5.32 Å². The van der Waals surface area contributed by atoms with E-state index < -0.39 is 0 Å². The van der Waals surface area contributed by atoms with E-state index in [1.807, 2.05) is 12.1 Å². The van der Waals surface area contributed by atoms with Gasteiger partial charge in [-0.1, -0.05) is 26.0 Å². The average Bonchev–Trinajstić information content (AvgIpc) is 2.26. The Morgan fingerprint density at radius 3 is 2.88 bits per heavy atom. The molecule has 0 amide bonds. The molecule has 1 rings (SSSR count). The lowest BCUT2D eigenvalue weighted by molar-refractivity contribution is 0.533. The van der Waals surface area contributed by atoms with Crippen LogP contribution in [0.4, 0.5) is 4.39 Å². The van der Waals surface area contributed by atoms with E-state index in [0.717, 1.165) is 18.0 Å². The second-order valence-corrected chi connectivity index (χ2v) is 5.38. The molecule has 16 heavy (non-hydrogen) atoms. The van der Waals surface area contributed by atoms with Crippen LogP contribution in [0, 0.1) is 5.92 Å². The summed E-state index contributed by atoms with van der Waals surface area (Å²) in [6.07, 6.45) is 0. The number of hydrogen-bond acceptors (Lipinski definition) is 2. The average molecular weight is 241 g/mol. The monoisotopic (exact) mass is 241 g/mol. The Morgan fingerprint density at radius 1 is 1.38 bits per heavy atom. The van der Waals surface area contributed by atoms with Gasteiger partial charge in [-0.25, -0.2) is 0 Å². The molecule has 0 radical (unpaired) electrons. The van der Waals surface area contributed by atoms with Gasteiger partial charge in [0.1, 0.15) is 0 Å². The number of halogens is 1. The molecular formula is C13H20FNS. The molecule has 0 aliphatic rings. The molecule has 0 atom stereocenters. The minimum absolute atomic E-state index is 0.263. The van der Waals surface area contributed by atoms with E-state index >= 15 is 0 Å². The molecule has 1 aromatic carbocycles. The van der Waals surface area contributed by atoms with E-state index in [1.165, 1.54) is 5.56 Å². The first kappa shape index (κ1) is 13.5. The zero-order valence-electron chi connectivity index (χ0n) is 10.0. The van der Waals surface area contributed by atoms with Gasteiger partial charge in [-0.3, -0.25) is 4.39 Å². The summed E-state index contributed by atoms with van der Waals surface area (Å²) in [6, 6.07) is 8.31. The zero-order valence-corrected chi connectivity index (χ0v) is 10.8. The SMILES string of the molecule is CC(C)CNCc1cccc(SCCF)c1. The molecule has 0 aliphatic heterocycles. The maximum absolute atomic E-state index is 12.0. The van der Waals surface area contributed by atoms with Gasteiger partial charge in [-0.15, -0.1) is 11.8 Å². The fourth-order valence-corrected chi connectivity index (χ4v) is 2.13. The first-order chi connectivity index (χ1) is 7.72. The van der Waals surface area contributed by atoms with Crippen molar-refractivity contribution in [3.8, 4) is 0 Å². The number of benzene rings is 1. The van der Waals surface area contributed by atoms with Crippen molar-refractivity contribution in [2.24, 2.45) is 5.92 Å². The van der Waals surface area contributed by atoms with Crippen LogP contribution >= 0.6 is 11.8 Å². The van der Waals surface area contributed by atoms with E-state index in [4.69, 9.17) is 0 Å². The number of nitrogens with one attached hydrogen (secondary N) is 1. The van der Waals surface area contributed by atoms with E-state index in [0.29, 0.717) is 11.7 Å². The molecule has 1 nitrogen and oxygen atoms in total. The predicted octanol–water partition coefficient (Wildman–Crippen LogP) is 3.49. The van der Waals surface area contributed by atoms with Crippen LogP contribution in [0.5, 0.6) is 0 Å². The summed E-state index contributed by atoms with van der Waals surface area (Å²) in [5.41, 5.74) is 1.27. The van der Waals surface area contributed by atoms with Crippen molar-refractivity contribution >= 4 is 11.8 Å². The third-order valence-electron chi connectivity index (χ3n) is 2.13. The van der Waals surface area contributed by atoms with Gasteiger partial charge in [0, 0.05) is 17.2 Å². The fourth-order valence-electron chi connectivity index (χ4n) is 1.41. The highest BCUT2D eigenvalue weighted by molar-refractivity contribution is 7.99. The Morgan fingerprint density at radius 2 is 2.19 bits per heavy atom. The second-order valence-electron chi connectivity index (χ2n) is 4.21. The van der Waals surface area contributed by atoms with Gasteiger partial charge in [-0.05, 0) is 30.2 Å². The number of alkyl halides is 1. The van der Waals surface area contributed by atoms with Crippen molar-refractivity contribution < 1.29 is 4.39 Å². The van der Waals surface area contributed by atoms with Crippen molar-refractivity contribution in [1.29, 1.82) is 0 Å². The first-order valence-corrected chi connectivity index (χ1v) is 6.69. The maximum Gasteiger partial charge on any atom is 0.0988 e. The van der Waals surface area contributed by atoms with Gasteiger partial charge >= 0.3 is 0 Å². The molecule has 0 aromatic heterocycles. The van der Waals surface area contributed by atoms with E-state index in [2.05, 4.69) is 31.3 Å². The van der Waals surface area contributed by atoms with Crippen molar-refractivity contribution in [2.75, 3.05) is 19.0 Å². The summed E-state index contributed by atoms with van der Waals surface area (Å²) in [4.78, 5) is 1.15. The molecule has 0 saturated heterocycles. The molecule has 0 heterocycles. The van der Waals surface area contributed by atoms with Gasteiger partial charge in [0.15, 0.2) is 0 Å². The Hall–Kier alpha value is -0.540. The molecule has 0 bridgehead atoms. The Labute approximate surface area is 102 Å². The molecule has 0 unspecified atom stereocenters. The minimum atomic E-state index is -0.263. The van der Waals surface area contributed by atoms with Crippen LogP contribution in [-0.4, -0.2) is 19.0 Å². The quantitative estimate of drug-likeness (QED) is 0.733. The molecule has 1 N–H and O–H groups in total. The molecule has 0 aliphatic carbocycles. The molecule has 0 saturated carbocycles. The highest BCUT2D eigenvalue weighted by Crippen LogP contribution is 2.18. The fraction of sp³-hybridized carbons (Fsp3) is 0.538. The van der Waals surface area contributed by atoms with E-state index in [9.17, 15) is 4.39 Å². The van der Waals surface area contributed by atoms with Gasteiger partial charge in [0.25, 0.3) is 0 Å². The molecule has 3 heteroatoms. The van der Waals surface area contributed by atoms with Gasteiger partial charge in [0.05, 0.1) is 6.67 Å². The lowest BCUT2D eigenvalue weighted by Crippen LogP contribution is -2.18. The topological polar surface area (TPSA) is 12.0 Å². The smallest absolute Gasteiger partial charge is 0.0988 e. The summed E-state index contributed by atoms with van der Waals surface area (Å²) in [6.45, 7) is 6.05. The summed E-state index contributed by atoms with van der Waals surface area (Å²) in [5.74, 6) is 1.21.